The van der Waals surface area contributed by atoms with Crippen LogP contribution in [0.3, 0.4) is 0 Å². The summed E-state index contributed by atoms with van der Waals surface area (Å²) in [6.07, 6.45) is 5.40. The smallest absolute Gasteiger partial charge is 0.336 e. The molecule has 0 atom stereocenters. The fourth-order valence-corrected chi connectivity index (χ4v) is 4.24. The summed E-state index contributed by atoms with van der Waals surface area (Å²) < 4.78 is 32.0. The molecule has 2 aromatic carbocycles. The summed E-state index contributed by atoms with van der Waals surface area (Å²) in [5.74, 6) is -0.750. The van der Waals surface area contributed by atoms with Crippen LogP contribution in [-0.2, 0) is 15.4 Å². The number of H-pyrrole nitrogens is 1. The Hall–Kier alpha value is -4.12. The number of anilines is 1. The van der Waals surface area contributed by atoms with E-state index in [-0.39, 0.29) is 11.3 Å². The first-order valence-electron chi connectivity index (χ1n) is 10.8. The average molecular weight is 514 g/mol. The lowest BCUT2D eigenvalue weighted by atomic mass is 9.84. The van der Waals surface area contributed by atoms with E-state index in [0.29, 0.717) is 22.6 Å². The van der Waals surface area contributed by atoms with Crippen molar-refractivity contribution in [2.24, 2.45) is 0 Å². The molecule has 0 unspecified atom stereocenters. The number of sulfonamides is 1. The van der Waals surface area contributed by atoms with Crippen LogP contribution in [0.5, 0.6) is 5.75 Å². The van der Waals surface area contributed by atoms with Crippen molar-refractivity contribution in [3.8, 4) is 11.4 Å². The highest BCUT2D eigenvalue weighted by Crippen LogP contribution is 2.37. The number of aromatic nitrogens is 2. The third-order valence-electron chi connectivity index (χ3n) is 5.26. The van der Waals surface area contributed by atoms with Gasteiger partial charge in [-0.2, -0.15) is 0 Å². The van der Waals surface area contributed by atoms with Crippen LogP contribution in [0.2, 0.25) is 0 Å². The summed E-state index contributed by atoms with van der Waals surface area (Å²) in [5.41, 5.74) is 0.296. The molecule has 0 radical (unpaired) electrons. The zero-order valence-electron chi connectivity index (χ0n) is 20.4. The van der Waals surface area contributed by atoms with E-state index in [4.69, 9.17) is 4.74 Å². The molecule has 0 bridgehead atoms. The third kappa shape index (κ3) is 5.92. The van der Waals surface area contributed by atoms with E-state index in [1.165, 1.54) is 37.6 Å². The molecule has 1 heterocycles. The van der Waals surface area contributed by atoms with Crippen molar-refractivity contribution in [2.45, 2.75) is 26.2 Å². The van der Waals surface area contributed by atoms with Gasteiger partial charge in [-0.3, -0.25) is 9.52 Å². The van der Waals surface area contributed by atoms with E-state index in [2.05, 4.69) is 9.71 Å². The zero-order valence-corrected chi connectivity index (χ0v) is 21.3. The largest absolute Gasteiger partial charge is 0.496 e. The Kier molecular flexibility index (Phi) is 7.25. The Morgan fingerprint density at radius 1 is 1.08 bits per heavy atom. The SMILES string of the molecule is COc1c(C=Cc2ccc(NS(C)(=O)=O)cc2C(=O)O)cc(-n2c(=O)cc[nH]c2=O)cc1C(C)(C)C. The first-order chi connectivity index (χ1) is 16.7. The molecule has 0 aliphatic carbocycles. The first kappa shape index (κ1) is 26.5. The molecule has 1 aromatic heterocycles. The number of carboxylic acids is 1. The minimum atomic E-state index is -3.59. The number of ether oxygens (including phenoxy) is 1. The number of nitrogens with zero attached hydrogens (tertiary/aromatic N) is 1. The van der Waals surface area contributed by atoms with Gasteiger partial charge in [-0.05, 0) is 35.2 Å². The van der Waals surface area contributed by atoms with Gasteiger partial charge in [0.1, 0.15) is 5.75 Å². The maximum Gasteiger partial charge on any atom is 0.336 e. The number of aromatic carboxylic acids is 1. The number of nitrogens with one attached hydrogen (secondary N) is 2. The molecule has 10 nitrogen and oxygen atoms in total. The van der Waals surface area contributed by atoms with Crippen LogP contribution in [-0.4, -0.2) is 42.4 Å². The van der Waals surface area contributed by atoms with E-state index >= 15 is 0 Å². The van der Waals surface area contributed by atoms with Gasteiger partial charge in [-0.25, -0.2) is 22.6 Å². The molecule has 0 spiro atoms. The van der Waals surface area contributed by atoms with Crippen LogP contribution < -0.4 is 20.7 Å². The number of hydrogen-bond donors (Lipinski definition) is 3. The van der Waals surface area contributed by atoms with Crippen LogP contribution in [0, 0.1) is 0 Å². The maximum atomic E-state index is 12.5. The fraction of sp³-hybridized carbons (Fsp3) is 0.240. The van der Waals surface area contributed by atoms with Crippen molar-refractivity contribution in [3.05, 3.63) is 85.7 Å². The zero-order chi connectivity index (χ0) is 26.8. The number of methoxy groups -OCH3 is 1. The molecule has 3 N–H and O–H groups in total. The van der Waals surface area contributed by atoms with Crippen molar-refractivity contribution < 1.29 is 23.1 Å². The third-order valence-corrected chi connectivity index (χ3v) is 5.86. The topological polar surface area (TPSA) is 148 Å². The fourth-order valence-electron chi connectivity index (χ4n) is 3.69. The number of carbonyl (C=O) groups is 1. The van der Waals surface area contributed by atoms with Crippen LogP contribution in [0.1, 0.15) is 47.8 Å². The Balaban J connectivity index is 2.23. The summed E-state index contributed by atoms with van der Waals surface area (Å²) in [6, 6.07) is 8.69. The summed E-state index contributed by atoms with van der Waals surface area (Å²) in [5, 5.41) is 9.68. The number of benzene rings is 2. The molecule has 0 aliphatic rings. The second kappa shape index (κ2) is 9.86. The summed E-state index contributed by atoms with van der Waals surface area (Å²) in [6.45, 7) is 5.86. The molecule has 0 aliphatic heterocycles. The highest BCUT2D eigenvalue weighted by Gasteiger charge is 2.23. The number of carboxylic acid groups (broad SMARTS) is 1. The van der Waals surface area contributed by atoms with Gasteiger partial charge in [0.2, 0.25) is 10.0 Å². The molecule has 11 heteroatoms. The Bertz CT molecular complexity index is 1550. The van der Waals surface area contributed by atoms with Crippen LogP contribution >= 0.6 is 0 Å². The van der Waals surface area contributed by atoms with Gasteiger partial charge < -0.3 is 14.8 Å². The summed E-state index contributed by atoms with van der Waals surface area (Å²) in [7, 11) is -2.09. The molecular weight excluding hydrogens is 486 g/mol. The number of rotatable bonds is 7. The van der Waals surface area contributed by atoms with Crippen molar-refractivity contribution in [1.82, 2.24) is 9.55 Å². The van der Waals surface area contributed by atoms with Crippen molar-refractivity contribution in [1.29, 1.82) is 0 Å². The van der Waals surface area contributed by atoms with Gasteiger partial charge in [-0.15, -0.1) is 0 Å². The van der Waals surface area contributed by atoms with E-state index in [1.807, 2.05) is 20.8 Å². The van der Waals surface area contributed by atoms with E-state index < -0.39 is 32.7 Å². The van der Waals surface area contributed by atoms with Crippen LogP contribution in [0.25, 0.3) is 17.8 Å². The second-order valence-electron chi connectivity index (χ2n) is 9.14. The van der Waals surface area contributed by atoms with Gasteiger partial charge in [0.05, 0.1) is 24.6 Å². The van der Waals surface area contributed by atoms with Crippen molar-refractivity contribution in [2.75, 3.05) is 18.1 Å². The molecule has 3 aromatic rings. The van der Waals surface area contributed by atoms with Crippen LogP contribution in [0.4, 0.5) is 5.69 Å². The van der Waals surface area contributed by atoms with Gasteiger partial charge in [0.25, 0.3) is 5.56 Å². The molecule has 3 rings (SSSR count). The molecular formula is C25H27N3O7S. The maximum absolute atomic E-state index is 12.5. The van der Waals surface area contributed by atoms with E-state index in [1.54, 1.807) is 24.3 Å². The van der Waals surface area contributed by atoms with Gasteiger partial charge in [0.15, 0.2) is 0 Å². The second-order valence-corrected chi connectivity index (χ2v) is 10.9. The van der Waals surface area contributed by atoms with Crippen LogP contribution in [0.15, 0.2) is 52.2 Å². The minimum Gasteiger partial charge on any atom is -0.496 e. The predicted octanol–water partition coefficient (Wildman–Crippen LogP) is 3.07. The predicted molar refractivity (Wildman–Crippen MR) is 139 cm³/mol. The molecule has 36 heavy (non-hydrogen) atoms. The Labute approximate surface area is 207 Å². The van der Waals surface area contributed by atoms with Gasteiger partial charge >= 0.3 is 11.7 Å². The van der Waals surface area contributed by atoms with E-state index in [0.717, 1.165) is 16.4 Å². The Morgan fingerprint density at radius 3 is 2.31 bits per heavy atom. The molecule has 0 saturated heterocycles. The standard InChI is InChI=1S/C25H27N3O7S/c1-25(2,3)20-14-18(28-21(29)10-11-26-24(28)32)12-16(22(20)35-4)7-6-15-8-9-17(27-36(5,33)34)13-19(15)23(30)31/h6-14,27H,1-5H3,(H,26,32)(H,30,31). The van der Waals surface area contributed by atoms with E-state index in [9.17, 15) is 27.9 Å². The monoisotopic (exact) mass is 513 g/mol. The number of hydrogen-bond acceptors (Lipinski definition) is 6. The highest BCUT2D eigenvalue weighted by molar-refractivity contribution is 7.92. The molecule has 0 fully saturated rings. The molecule has 0 saturated carbocycles. The van der Waals surface area contributed by atoms with Crippen molar-refractivity contribution >= 4 is 33.8 Å². The quantitative estimate of drug-likeness (QED) is 0.411. The van der Waals surface area contributed by atoms with Gasteiger partial charge in [0, 0.05) is 29.1 Å². The Morgan fingerprint density at radius 2 is 1.75 bits per heavy atom. The lowest BCUT2D eigenvalue weighted by Gasteiger charge is -2.24. The molecule has 190 valence electrons. The minimum absolute atomic E-state index is 0.115. The lowest BCUT2D eigenvalue weighted by Crippen LogP contribution is -2.32. The normalized spacial score (nSPS) is 12.0. The molecule has 0 amide bonds. The lowest BCUT2D eigenvalue weighted by molar-refractivity contribution is 0.0696. The van der Waals surface area contributed by atoms with Crippen molar-refractivity contribution in [3.63, 3.8) is 0 Å². The first-order valence-corrected chi connectivity index (χ1v) is 12.7. The van der Waals surface area contributed by atoms with Gasteiger partial charge in [-0.1, -0.05) is 39.0 Å². The summed E-state index contributed by atoms with van der Waals surface area (Å²) >= 11 is 0. The average Bonchev–Trinajstić information content (AvgIpc) is 2.76. The summed E-state index contributed by atoms with van der Waals surface area (Å²) in [4.78, 5) is 39.3. The number of aromatic amines is 1. The highest BCUT2D eigenvalue weighted by atomic mass is 32.2.